The first-order valence-electron chi connectivity index (χ1n) is 6.45. The SMILES string of the molecule is COCC(C)NCCN1CCCC(C(F)(F)F)C1. The molecular weight excluding hydrogens is 245 g/mol. The van der Waals surface area contributed by atoms with Crippen LogP contribution in [0.3, 0.4) is 0 Å². The van der Waals surface area contributed by atoms with Gasteiger partial charge in [0.15, 0.2) is 0 Å². The van der Waals surface area contributed by atoms with Crippen molar-refractivity contribution in [2.24, 2.45) is 5.92 Å². The molecule has 1 heterocycles. The number of likely N-dealkylation sites (tertiary alicyclic amines) is 1. The van der Waals surface area contributed by atoms with Gasteiger partial charge in [0, 0.05) is 32.8 Å². The molecule has 1 aliphatic rings. The van der Waals surface area contributed by atoms with Crippen LogP contribution >= 0.6 is 0 Å². The average Bonchev–Trinajstić information content (AvgIpc) is 2.29. The highest BCUT2D eigenvalue weighted by atomic mass is 19.4. The van der Waals surface area contributed by atoms with E-state index in [1.807, 2.05) is 11.8 Å². The molecule has 0 bridgehead atoms. The lowest BCUT2D eigenvalue weighted by Gasteiger charge is -2.33. The van der Waals surface area contributed by atoms with E-state index in [-0.39, 0.29) is 19.0 Å². The van der Waals surface area contributed by atoms with Crippen molar-refractivity contribution in [1.82, 2.24) is 10.2 Å². The Morgan fingerprint density at radius 3 is 2.78 bits per heavy atom. The molecule has 0 saturated carbocycles. The predicted octanol–water partition coefficient (Wildman–Crippen LogP) is 1.89. The van der Waals surface area contributed by atoms with Crippen LogP contribution in [0.4, 0.5) is 13.2 Å². The Bertz CT molecular complexity index is 236. The molecule has 1 fully saturated rings. The zero-order valence-corrected chi connectivity index (χ0v) is 11.1. The van der Waals surface area contributed by atoms with E-state index in [9.17, 15) is 13.2 Å². The van der Waals surface area contributed by atoms with Gasteiger partial charge in [0.1, 0.15) is 0 Å². The van der Waals surface area contributed by atoms with E-state index < -0.39 is 12.1 Å². The van der Waals surface area contributed by atoms with Crippen LogP contribution in [0.25, 0.3) is 0 Å². The number of piperidine rings is 1. The topological polar surface area (TPSA) is 24.5 Å². The number of alkyl halides is 3. The summed E-state index contributed by atoms with van der Waals surface area (Å²) in [5.41, 5.74) is 0. The normalized spacial score (nSPS) is 24.2. The van der Waals surface area contributed by atoms with Crippen molar-refractivity contribution >= 4 is 0 Å². The van der Waals surface area contributed by atoms with E-state index in [2.05, 4.69) is 5.32 Å². The van der Waals surface area contributed by atoms with Crippen molar-refractivity contribution < 1.29 is 17.9 Å². The van der Waals surface area contributed by atoms with E-state index in [1.54, 1.807) is 7.11 Å². The molecule has 2 unspecified atom stereocenters. The lowest BCUT2D eigenvalue weighted by molar-refractivity contribution is -0.186. The standard InChI is InChI=1S/C12H23F3N2O/c1-10(9-18-2)16-5-7-17-6-3-4-11(8-17)12(13,14)15/h10-11,16H,3-9H2,1-2H3. The fraction of sp³-hybridized carbons (Fsp3) is 1.00. The van der Waals surface area contributed by atoms with Gasteiger partial charge in [-0.05, 0) is 26.3 Å². The van der Waals surface area contributed by atoms with E-state index in [1.165, 1.54) is 0 Å². The summed E-state index contributed by atoms with van der Waals surface area (Å²) in [5, 5.41) is 3.24. The monoisotopic (exact) mass is 268 g/mol. The second-order valence-electron chi connectivity index (χ2n) is 4.99. The Balaban J connectivity index is 2.22. The fourth-order valence-electron chi connectivity index (χ4n) is 2.30. The number of hydrogen-bond donors (Lipinski definition) is 1. The Kier molecular flexibility index (Phi) is 6.38. The smallest absolute Gasteiger partial charge is 0.383 e. The van der Waals surface area contributed by atoms with Gasteiger partial charge in [-0.15, -0.1) is 0 Å². The summed E-state index contributed by atoms with van der Waals surface area (Å²) in [6, 6.07) is 0.234. The van der Waals surface area contributed by atoms with Crippen molar-refractivity contribution in [1.29, 1.82) is 0 Å². The van der Waals surface area contributed by atoms with Crippen LogP contribution in [0.1, 0.15) is 19.8 Å². The molecular formula is C12H23F3N2O. The molecule has 0 spiro atoms. The fourth-order valence-corrected chi connectivity index (χ4v) is 2.30. The van der Waals surface area contributed by atoms with Crippen molar-refractivity contribution in [2.75, 3.05) is 39.9 Å². The number of halogens is 3. The first-order valence-corrected chi connectivity index (χ1v) is 6.45. The van der Waals surface area contributed by atoms with Gasteiger partial charge in [-0.3, -0.25) is 0 Å². The van der Waals surface area contributed by atoms with E-state index in [4.69, 9.17) is 4.74 Å². The van der Waals surface area contributed by atoms with Crippen LogP contribution < -0.4 is 5.32 Å². The van der Waals surface area contributed by atoms with Gasteiger partial charge in [0.05, 0.1) is 12.5 Å². The van der Waals surface area contributed by atoms with Crippen LogP contribution in [0, 0.1) is 5.92 Å². The van der Waals surface area contributed by atoms with Crippen LogP contribution in [0.2, 0.25) is 0 Å². The lowest BCUT2D eigenvalue weighted by Crippen LogP contribution is -2.45. The third-order valence-electron chi connectivity index (χ3n) is 3.31. The third kappa shape index (κ3) is 5.54. The molecule has 18 heavy (non-hydrogen) atoms. The quantitative estimate of drug-likeness (QED) is 0.796. The van der Waals surface area contributed by atoms with E-state index in [0.717, 1.165) is 6.54 Å². The van der Waals surface area contributed by atoms with E-state index >= 15 is 0 Å². The minimum atomic E-state index is -4.05. The Hall–Kier alpha value is -0.330. The number of nitrogens with zero attached hydrogens (tertiary/aromatic N) is 1. The molecule has 0 aromatic heterocycles. The van der Waals surface area contributed by atoms with Gasteiger partial charge in [0.2, 0.25) is 0 Å². The number of nitrogens with one attached hydrogen (secondary N) is 1. The molecule has 1 rings (SSSR count). The molecule has 0 amide bonds. The van der Waals surface area contributed by atoms with Gasteiger partial charge in [-0.25, -0.2) is 0 Å². The van der Waals surface area contributed by atoms with Crippen molar-refractivity contribution in [3.8, 4) is 0 Å². The predicted molar refractivity (Wildman–Crippen MR) is 64.6 cm³/mol. The number of rotatable bonds is 6. The van der Waals surface area contributed by atoms with Gasteiger partial charge >= 0.3 is 6.18 Å². The maximum atomic E-state index is 12.6. The van der Waals surface area contributed by atoms with Crippen LogP contribution in [-0.2, 0) is 4.74 Å². The highest BCUT2D eigenvalue weighted by Gasteiger charge is 2.41. The van der Waals surface area contributed by atoms with Gasteiger partial charge in [0.25, 0.3) is 0 Å². The maximum Gasteiger partial charge on any atom is 0.393 e. The molecule has 1 saturated heterocycles. The van der Waals surface area contributed by atoms with Gasteiger partial charge in [-0.1, -0.05) is 0 Å². The number of hydrogen-bond acceptors (Lipinski definition) is 3. The zero-order chi connectivity index (χ0) is 13.6. The summed E-state index contributed by atoms with van der Waals surface area (Å²) in [4.78, 5) is 1.90. The number of methoxy groups -OCH3 is 1. The second-order valence-corrected chi connectivity index (χ2v) is 4.99. The Morgan fingerprint density at radius 2 is 2.17 bits per heavy atom. The van der Waals surface area contributed by atoms with Crippen molar-refractivity contribution in [3.63, 3.8) is 0 Å². The molecule has 0 aromatic carbocycles. The Labute approximate surface area is 107 Å². The first kappa shape index (κ1) is 15.7. The molecule has 2 atom stereocenters. The van der Waals surface area contributed by atoms with Crippen molar-refractivity contribution in [2.45, 2.75) is 32.0 Å². The summed E-state index contributed by atoms with van der Waals surface area (Å²) in [5.74, 6) is -1.15. The molecule has 0 aromatic rings. The largest absolute Gasteiger partial charge is 0.393 e. The van der Waals surface area contributed by atoms with Crippen LogP contribution in [0.5, 0.6) is 0 Å². The molecule has 0 aliphatic carbocycles. The summed E-state index contributed by atoms with van der Waals surface area (Å²) >= 11 is 0. The summed E-state index contributed by atoms with van der Waals surface area (Å²) in [6.07, 6.45) is -3.14. The molecule has 6 heteroatoms. The average molecular weight is 268 g/mol. The summed E-state index contributed by atoms with van der Waals surface area (Å²) in [6.45, 7) is 4.90. The third-order valence-corrected chi connectivity index (χ3v) is 3.31. The lowest BCUT2D eigenvalue weighted by atomic mass is 9.97. The minimum absolute atomic E-state index is 0.143. The molecule has 1 N–H and O–H groups in total. The number of ether oxygens (including phenoxy) is 1. The van der Waals surface area contributed by atoms with E-state index in [0.29, 0.717) is 26.1 Å². The molecule has 3 nitrogen and oxygen atoms in total. The van der Waals surface area contributed by atoms with Crippen LogP contribution in [0.15, 0.2) is 0 Å². The maximum absolute atomic E-state index is 12.6. The van der Waals surface area contributed by atoms with Crippen LogP contribution in [-0.4, -0.2) is 57.0 Å². The summed E-state index contributed by atoms with van der Waals surface area (Å²) in [7, 11) is 1.64. The molecule has 108 valence electrons. The molecule has 1 aliphatic heterocycles. The highest BCUT2D eigenvalue weighted by Crippen LogP contribution is 2.32. The van der Waals surface area contributed by atoms with Crippen molar-refractivity contribution in [3.05, 3.63) is 0 Å². The zero-order valence-electron chi connectivity index (χ0n) is 11.1. The van der Waals surface area contributed by atoms with Gasteiger partial charge < -0.3 is 15.0 Å². The minimum Gasteiger partial charge on any atom is -0.383 e. The highest BCUT2D eigenvalue weighted by molar-refractivity contribution is 4.78. The Morgan fingerprint density at radius 1 is 1.44 bits per heavy atom. The second kappa shape index (κ2) is 7.31. The molecule has 0 radical (unpaired) electrons. The van der Waals surface area contributed by atoms with Gasteiger partial charge in [-0.2, -0.15) is 13.2 Å². The summed E-state index contributed by atoms with van der Waals surface area (Å²) < 4.78 is 42.8. The first-order chi connectivity index (χ1) is 8.43.